The summed E-state index contributed by atoms with van der Waals surface area (Å²) in [6.45, 7) is 5.59. The van der Waals surface area contributed by atoms with Crippen molar-refractivity contribution in [1.29, 1.82) is 0 Å². The van der Waals surface area contributed by atoms with Gasteiger partial charge in [0.05, 0.1) is 18.7 Å². The zero-order valence-corrected chi connectivity index (χ0v) is 16.6. The van der Waals surface area contributed by atoms with Crippen molar-refractivity contribution in [1.82, 2.24) is 5.32 Å². The minimum atomic E-state index is -0.899. The lowest BCUT2D eigenvalue weighted by atomic mass is 9.95. The molecule has 2 rings (SSSR count). The van der Waals surface area contributed by atoms with Crippen molar-refractivity contribution in [3.8, 4) is 5.75 Å². The van der Waals surface area contributed by atoms with Crippen molar-refractivity contribution in [2.75, 3.05) is 13.7 Å². The number of carbonyl (C=O) groups excluding carboxylic acids is 2. The number of methoxy groups -OCH3 is 1. The number of esters is 1. The summed E-state index contributed by atoms with van der Waals surface area (Å²) in [5, 5.41) is 2.88. The second kappa shape index (κ2) is 9.88. The summed E-state index contributed by atoms with van der Waals surface area (Å²) in [5.41, 5.74) is 1.95. The van der Waals surface area contributed by atoms with Gasteiger partial charge in [0.1, 0.15) is 11.6 Å². The Morgan fingerprint density at radius 2 is 1.79 bits per heavy atom. The number of hydrogen-bond acceptors (Lipinski definition) is 4. The van der Waals surface area contributed by atoms with Gasteiger partial charge in [-0.05, 0) is 35.6 Å². The van der Waals surface area contributed by atoms with E-state index in [0.717, 1.165) is 18.1 Å². The molecule has 2 aromatic carbocycles. The first-order valence-electron chi connectivity index (χ1n) is 9.24. The lowest BCUT2D eigenvalue weighted by Crippen LogP contribution is -2.35. The summed E-state index contributed by atoms with van der Waals surface area (Å²) in [6, 6.07) is 11.6. The van der Waals surface area contributed by atoms with Gasteiger partial charge >= 0.3 is 5.97 Å². The summed E-state index contributed by atoms with van der Waals surface area (Å²) in [4.78, 5) is 24.3. The first kappa shape index (κ1) is 21.4. The molecule has 0 bridgehead atoms. The minimum Gasteiger partial charge on any atom is -0.497 e. The molecule has 0 unspecified atom stereocenters. The summed E-state index contributed by atoms with van der Waals surface area (Å²) >= 11 is 0. The zero-order valence-electron chi connectivity index (χ0n) is 16.6. The highest BCUT2D eigenvalue weighted by atomic mass is 19.1. The highest BCUT2D eigenvalue weighted by Crippen LogP contribution is 2.22. The number of amides is 1. The van der Waals surface area contributed by atoms with Crippen LogP contribution in [-0.4, -0.2) is 25.6 Å². The van der Waals surface area contributed by atoms with Gasteiger partial charge in [0.2, 0.25) is 0 Å². The Bertz CT molecular complexity index is 818. The number of ether oxygens (including phenoxy) is 2. The van der Waals surface area contributed by atoms with Crippen LogP contribution in [0.4, 0.5) is 4.39 Å². The maximum Gasteiger partial charge on any atom is 0.341 e. The number of carbonyl (C=O) groups is 2. The molecule has 1 N–H and O–H groups in total. The number of halogens is 1. The van der Waals surface area contributed by atoms with Gasteiger partial charge in [-0.15, -0.1) is 0 Å². The van der Waals surface area contributed by atoms with Gasteiger partial charge in [0, 0.05) is 6.07 Å². The van der Waals surface area contributed by atoms with Crippen LogP contribution in [-0.2, 0) is 16.0 Å². The number of nitrogens with one attached hydrogen (secondary N) is 1. The van der Waals surface area contributed by atoms with Crippen LogP contribution in [0.1, 0.15) is 48.3 Å². The van der Waals surface area contributed by atoms with Gasteiger partial charge in [-0.25, -0.2) is 9.18 Å². The number of aryl methyl sites for hydroxylation is 1. The van der Waals surface area contributed by atoms with Gasteiger partial charge in [0.25, 0.3) is 5.91 Å². The Morgan fingerprint density at radius 1 is 1.11 bits per heavy atom. The van der Waals surface area contributed by atoms with E-state index in [1.54, 1.807) is 0 Å². The van der Waals surface area contributed by atoms with Gasteiger partial charge in [-0.3, -0.25) is 4.79 Å². The molecule has 0 aliphatic rings. The highest BCUT2D eigenvalue weighted by Gasteiger charge is 2.20. The largest absolute Gasteiger partial charge is 0.497 e. The maximum atomic E-state index is 13.9. The van der Waals surface area contributed by atoms with Crippen LogP contribution >= 0.6 is 0 Å². The Hall–Kier alpha value is -2.89. The first-order chi connectivity index (χ1) is 13.3. The first-order valence-corrected chi connectivity index (χ1v) is 9.24. The predicted molar refractivity (Wildman–Crippen MR) is 105 cm³/mol. The summed E-state index contributed by atoms with van der Waals surface area (Å²) in [7, 11) is 1.40. The van der Waals surface area contributed by atoms with Crippen molar-refractivity contribution in [3.05, 3.63) is 65.0 Å². The molecule has 0 fully saturated rings. The summed E-state index contributed by atoms with van der Waals surface area (Å²) in [6.07, 6.45) is 0.941. The SMILES string of the molecule is CCc1ccc([C@@H](NC(=O)COC(=O)c2ccc(OC)cc2F)C(C)C)cc1. The van der Waals surface area contributed by atoms with Crippen LogP contribution < -0.4 is 10.1 Å². The number of rotatable bonds is 8. The third kappa shape index (κ3) is 5.55. The molecule has 1 amide bonds. The molecule has 0 aliphatic heterocycles. The molecule has 0 saturated heterocycles. The second-order valence-electron chi connectivity index (χ2n) is 6.81. The van der Waals surface area contributed by atoms with Gasteiger partial charge in [-0.1, -0.05) is 45.0 Å². The standard InChI is InChI=1S/C22H26FNO4/c1-5-15-6-8-16(9-7-15)21(14(2)3)24-20(25)13-28-22(26)18-11-10-17(27-4)12-19(18)23/h6-12,14,21H,5,13H2,1-4H3,(H,24,25)/t21-/m0/s1. The normalized spacial score (nSPS) is 11.8. The Labute approximate surface area is 164 Å². The molecular formula is C22H26FNO4. The van der Waals surface area contributed by atoms with Crippen molar-refractivity contribution in [2.45, 2.75) is 33.2 Å². The quantitative estimate of drug-likeness (QED) is 0.694. The molecule has 1 atom stereocenters. The number of hydrogen-bond donors (Lipinski definition) is 1. The van der Waals surface area contributed by atoms with Crippen LogP contribution in [0.3, 0.4) is 0 Å². The fraction of sp³-hybridized carbons (Fsp3) is 0.364. The van der Waals surface area contributed by atoms with E-state index in [1.807, 2.05) is 38.1 Å². The highest BCUT2D eigenvalue weighted by molar-refractivity contribution is 5.91. The average Bonchev–Trinajstić information content (AvgIpc) is 2.70. The number of benzene rings is 2. The zero-order chi connectivity index (χ0) is 20.7. The van der Waals surface area contributed by atoms with E-state index in [0.29, 0.717) is 5.75 Å². The van der Waals surface area contributed by atoms with Gasteiger partial charge < -0.3 is 14.8 Å². The Kier molecular flexibility index (Phi) is 7.55. The molecule has 0 aromatic heterocycles. The van der Waals surface area contributed by atoms with Crippen LogP contribution in [0.5, 0.6) is 5.75 Å². The van der Waals surface area contributed by atoms with Gasteiger partial charge in [0.15, 0.2) is 6.61 Å². The van der Waals surface area contributed by atoms with E-state index in [2.05, 4.69) is 12.2 Å². The Morgan fingerprint density at radius 3 is 2.32 bits per heavy atom. The van der Waals surface area contributed by atoms with E-state index in [-0.39, 0.29) is 17.5 Å². The molecule has 0 saturated carbocycles. The molecule has 150 valence electrons. The summed E-state index contributed by atoms with van der Waals surface area (Å²) < 4.78 is 23.8. The topological polar surface area (TPSA) is 64.6 Å². The van der Waals surface area contributed by atoms with E-state index < -0.39 is 24.3 Å². The fourth-order valence-electron chi connectivity index (χ4n) is 2.81. The van der Waals surface area contributed by atoms with E-state index in [1.165, 1.54) is 24.8 Å². The Balaban J connectivity index is 1.98. The molecule has 6 heteroatoms. The second-order valence-corrected chi connectivity index (χ2v) is 6.81. The lowest BCUT2D eigenvalue weighted by molar-refractivity contribution is -0.125. The third-order valence-electron chi connectivity index (χ3n) is 4.46. The van der Waals surface area contributed by atoms with E-state index in [4.69, 9.17) is 9.47 Å². The van der Waals surface area contributed by atoms with Crippen LogP contribution in [0, 0.1) is 11.7 Å². The molecule has 2 aromatic rings. The molecule has 0 spiro atoms. The fourth-order valence-corrected chi connectivity index (χ4v) is 2.81. The molecule has 0 radical (unpaired) electrons. The average molecular weight is 387 g/mol. The van der Waals surface area contributed by atoms with Crippen LogP contribution in [0.25, 0.3) is 0 Å². The predicted octanol–water partition coefficient (Wildman–Crippen LogP) is 4.07. The van der Waals surface area contributed by atoms with Crippen LogP contribution in [0.2, 0.25) is 0 Å². The molecule has 5 nitrogen and oxygen atoms in total. The molecule has 0 heterocycles. The maximum absolute atomic E-state index is 13.9. The molecule has 0 aliphatic carbocycles. The lowest BCUT2D eigenvalue weighted by Gasteiger charge is -2.23. The van der Waals surface area contributed by atoms with Crippen molar-refractivity contribution >= 4 is 11.9 Å². The van der Waals surface area contributed by atoms with Crippen molar-refractivity contribution in [2.24, 2.45) is 5.92 Å². The van der Waals surface area contributed by atoms with Crippen LogP contribution in [0.15, 0.2) is 42.5 Å². The molecule has 28 heavy (non-hydrogen) atoms. The summed E-state index contributed by atoms with van der Waals surface area (Å²) in [5.74, 6) is -1.67. The smallest absolute Gasteiger partial charge is 0.341 e. The third-order valence-corrected chi connectivity index (χ3v) is 4.46. The monoisotopic (exact) mass is 387 g/mol. The van der Waals surface area contributed by atoms with E-state index >= 15 is 0 Å². The van der Waals surface area contributed by atoms with Crippen molar-refractivity contribution < 1.29 is 23.5 Å². The van der Waals surface area contributed by atoms with Gasteiger partial charge in [-0.2, -0.15) is 0 Å². The molecular weight excluding hydrogens is 361 g/mol. The minimum absolute atomic E-state index is 0.145. The van der Waals surface area contributed by atoms with E-state index in [9.17, 15) is 14.0 Å². The van der Waals surface area contributed by atoms with Crippen molar-refractivity contribution in [3.63, 3.8) is 0 Å².